The maximum atomic E-state index is 10.3. The summed E-state index contributed by atoms with van der Waals surface area (Å²) in [5, 5.41) is 0. The summed E-state index contributed by atoms with van der Waals surface area (Å²) in [7, 11) is 0. The summed E-state index contributed by atoms with van der Waals surface area (Å²) < 4.78 is 5.43. The van der Waals surface area contributed by atoms with Gasteiger partial charge in [0.05, 0.1) is 6.61 Å². The lowest BCUT2D eigenvalue weighted by Crippen LogP contribution is -2.01. The van der Waals surface area contributed by atoms with Gasteiger partial charge in [0.15, 0.2) is 0 Å². The third kappa shape index (κ3) is 7.60. The van der Waals surface area contributed by atoms with Gasteiger partial charge in [-0.2, -0.15) is 0 Å². The van der Waals surface area contributed by atoms with Crippen molar-refractivity contribution in [3.05, 3.63) is 65.7 Å². The molecule has 0 saturated carbocycles. The Balaban J connectivity index is 0.000000235. The molecule has 3 nitrogen and oxygen atoms in total. The molecule has 0 bridgehead atoms. The van der Waals surface area contributed by atoms with Gasteiger partial charge in [0, 0.05) is 5.56 Å². The second-order valence-corrected chi connectivity index (χ2v) is 4.91. The van der Waals surface area contributed by atoms with E-state index in [-0.39, 0.29) is 0 Å². The Hall–Kier alpha value is -2.13. The van der Waals surface area contributed by atoms with Gasteiger partial charge in [-0.3, -0.25) is 4.79 Å². The fourth-order valence-electron chi connectivity index (χ4n) is 1.79. The Morgan fingerprint density at radius 3 is 2.27 bits per heavy atom. The summed E-state index contributed by atoms with van der Waals surface area (Å²) in [6.07, 6.45) is 4.01. The quantitative estimate of drug-likeness (QED) is 0.624. The Labute approximate surface area is 133 Å². The molecule has 118 valence electrons. The van der Waals surface area contributed by atoms with E-state index in [1.165, 1.54) is 5.56 Å². The van der Waals surface area contributed by atoms with Crippen LogP contribution in [0.25, 0.3) is 0 Å². The fourth-order valence-corrected chi connectivity index (χ4v) is 1.79. The highest BCUT2D eigenvalue weighted by Gasteiger charge is 1.93. The van der Waals surface area contributed by atoms with Crippen LogP contribution in [-0.2, 0) is 6.42 Å². The second kappa shape index (κ2) is 11.5. The molecule has 0 atom stereocenters. The van der Waals surface area contributed by atoms with Crippen LogP contribution < -0.4 is 10.5 Å². The number of aldehydes is 1. The normalized spacial score (nSPS) is 9.55. The van der Waals surface area contributed by atoms with Gasteiger partial charge in [-0.25, -0.2) is 0 Å². The van der Waals surface area contributed by atoms with Crippen molar-refractivity contribution in [2.24, 2.45) is 5.73 Å². The van der Waals surface area contributed by atoms with Gasteiger partial charge in [-0.05, 0) is 49.2 Å². The monoisotopic (exact) mass is 299 g/mol. The zero-order chi connectivity index (χ0) is 16.0. The molecule has 0 aliphatic rings. The molecule has 0 radical (unpaired) electrons. The van der Waals surface area contributed by atoms with Crippen LogP contribution in [0.3, 0.4) is 0 Å². The Morgan fingerprint density at radius 2 is 1.73 bits per heavy atom. The standard InChI is InChI=1S/C11H14O2.C8H11N/c1-2-3-8-13-11-6-4-10(9-12)5-7-11;9-7-6-8-4-2-1-3-5-8/h4-7,9H,2-3,8H2,1H3;1-5H,6-7,9H2. The van der Waals surface area contributed by atoms with Gasteiger partial charge in [0.1, 0.15) is 12.0 Å². The van der Waals surface area contributed by atoms with Gasteiger partial charge < -0.3 is 10.5 Å². The van der Waals surface area contributed by atoms with Crippen molar-refractivity contribution in [1.29, 1.82) is 0 Å². The highest BCUT2D eigenvalue weighted by molar-refractivity contribution is 5.74. The Morgan fingerprint density at radius 1 is 1.05 bits per heavy atom. The van der Waals surface area contributed by atoms with E-state index in [0.29, 0.717) is 5.56 Å². The molecule has 0 fully saturated rings. The van der Waals surface area contributed by atoms with Crippen LogP contribution in [0.2, 0.25) is 0 Å². The molecule has 0 amide bonds. The molecule has 2 N–H and O–H groups in total. The Bertz CT molecular complexity index is 509. The minimum atomic E-state index is 0.683. The first-order valence-electron chi connectivity index (χ1n) is 7.72. The van der Waals surface area contributed by atoms with E-state index in [0.717, 1.165) is 44.4 Å². The van der Waals surface area contributed by atoms with Crippen molar-refractivity contribution >= 4 is 6.29 Å². The van der Waals surface area contributed by atoms with Crippen molar-refractivity contribution in [2.75, 3.05) is 13.2 Å². The molecule has 0 aliphatic heterocycles. The van der Waals surface area contributed by atoms with Gasteiger partial charge in [0.2, 0.25) is 0 Å². The van der Waals surface area contributed by atoms with E-state index in [1.807, 2.05) is 30.3 Å². The van der Waals surface area contributed by atoms with Crippen LogP contribution in [0.4, 0.5) is 0 Å². The van der Waals surface area contributed by atoms with Gasteiger partial charge in [-0.1, -0.05) is 43.7 Å². The first-order valence-corrected chi connectivity index (χ1v) is 7.72. The summed E-state index contributed by atoms with van der Waals surface area (Å²) in [5.74, 6) is 0.832. The predicted molar refractivity (Wildman–Crippen MR) is 91.4 cm³/mol. The Kier molecular flexibility index (Phi) is 9.38. The van der Waals surface area contributed by atoms with Crippen molar-refractivity contribution in [3.8, 4) is 5.75 Å². The van der Waals surface area contributed by atoms with Crippen LogP contribution in [0.1, 0.15) is 35.7 Å². The largest absolute Gasteiger partial charge is 0.494 e. The van der Waals surface area contributed by atoms with Crippen LogP contribution in [0.15, 0.2) is 54.6 Å². The molecule has 0 spiro atoms. The molecule has 2 aromatic carbocycles. The van der Waals surface area contributed by atoms with Crippen molar-refractivity contribution in [2.45, 2.75) is 26.2 Å². The van der Waals surface area contributed by atoms with E-state index in [1.54, 1.807) is 12.1 Å². The zero-order valence-electron chi connectivity index (χ0n) is 13.2. The number of nitrogens with two attached hydrogens (primary N) is 1. The molecule has 22 heavy (non-hydrogen) atoms. The molecule has 0 heterocycles. The number of carbonyl (C=O) groups excluding carboxylic acids is 1. The average Bonchev–Trinajstić information content (AvgIpc) is 2.58. The molecule has 0 aliphatic carbocycles. The number of hydrogen-bond acceptors (Lipinski definition) is 3. The number of unbranched alkanes of at least 4 members (excludes halogenated alkanes) is 1. The topological polar surface area (TPSA) is 52.3 Å². The van der Waals surface area contributed by atoms with Crippen molar-refractivity contribution in [1.82, 2.24) is 0 Å². The zero-order valence-corrected chi connectivity index (χ0v) is 13.2. The minimum absolute atomic E-state index is 0.683. The molecule has 0 aromatic heterocycles. The molecule has 2 aromatic rings. The molecule has 3 heteroatoms. The highest BCUT2D eigenvalue weighted by Crippen LogP contribution is 2.11. The van der Waals surface area contributed by atoms with Crippen LogP contribution in [0, 0.1) is 0 Å². The predicted octanol–water partition coefficient (Wildman–Crippen LogP) is 3.87. The number of hydrogen-bond donors (Lipinski definition) is 1. The average molecular weight is 299 g/mol. The summed E-state index contributed by atoms with van der Waals surface area (Å²) in [6.45, 7) is 3.61. The SMILES string of the molecule is CCCCOc1ccc(C=O)cc1.NCCc1ccccc1. The number of rotatable bonds is 7. The minimum Gasteiger partial charge on any atom is -0.494 e. The molecule has 0 saturated heterocycles. The lowest BCUT2D eigenvalue weighted by Gasteiger charge is -2.04. The maximum absolute atomic E-state index is 10.3. The van der Waals surface area contributed by atoms with Crippen LogP contribution in [0.5, 0.6) is 5.75 Å². The molecular formula is C19H25NO2. The molecular weight excluding hydrogens is 274 g/mol. The van der Waals surface area contributed by atoms with E-state index in [4.69, 9.17) is 10.5 Å². The van der Waals surface area contributed by atoms with Gasteiger partial charge in [-0.15, -0.1) is 0 Å². The molecule has 2 rings (SSSR count). The van der Waals surface area contributed by atoms with Crippen molar-refractivity contribution < 1.29 is 9.53 Å². The van der Waals surface area contributed by atoms with Gasteiger partial charge >= 0.3 is 0 Å². The van der Waals surface area contributed by atoms with Crippen LogP contribution >= 0.6 is 0 Å². The molecule has 0 unspecified atom stereocenters. The number of ether oxygens (including phenoxy) is 1. The van der Waals surface area contributed by atoms with E-state index in [9.17, 15) is 4.79 Å². The summed E-state index contributed by atoms with van der Waals surface area (Å²) >= 11 is 0. The van der Waals surface area contributed by atoms with Crippen LogP contribution in [-0.4, -0.2) is 19.4 Å². The third-order valence-corrected chi connectivity index (χ3v) is 3.06. The third-order valence-electron chi connectivity index (χ3n) is 3.06. The smallest absolute Gasteiger partial charge is 0.150 e. The first-order chi connectivity index (χ1) is 10.8. The van der Waals surface area contributed by atoms with E-state index in [2.05, 4.69) is 19.1 Å². The van der Waals surface area contributed by atoms with Gasteiger partial charge in [0.25, 0.3) is 0 Å². The fraction of sp³-hybridized carbons (Fsp3) is 0.316. The summed E-state index contributed by atoms with van der Waals surface area (Å²) in [4.78, 5) is 10.3. The first kappa shape index (κ1) is 17.9. The highest BCUT2D eigenvalue weighted by atomic mass is 16.5. The summed E-state index contributed by atoms with van der Waals surface area (Å²) in [6, 6.07) is 17.4. The summed E-state index contributed by atoms with van der Waals surface area (Å²) in [5.41, 5.74) is 7.36. The van der Waals surface area contributed by atoms with E-state index < -0.39 is 0 Å². The second-order valence-electron chi connectivity index (χ2n) is 4.91. The van der Waals surface area contributed by atoms with Crippen molar-refractivity contribution in [3.63, 3.8) is 0 Å². The lowest BCUT2D eigenvalue weighted by molar-refractivity contribution is 0.112. The van der Waals surface area contributed by atoms with E-state index >= 15 is 0 Å². The number of benzene rings is 2. The lowest BCUT2D eigenvalue weighted by atomic mass is 10.2. The maximum Gasteiger partial charge on any atom is 0.150 e. The number of carbonyl (C=O) groups is 1.